The Morgan fingerprint density at radius 3 is 2.83 bits per heavy atom. The minimum Gasteiger partial charge on any atom is -0.384 e. The van der Waals surface area contributed by atoms with Gasteiger partial charge >= 0.3 is 0 Å². The fraction of sp³-hybridized carbons (Fsp3) is 0.536. The van der Waals surface area contributed by atoms with Crippen LogP contribution >= 0.6 is 0 Å². The topological polar surface area (TPSA) is 38.4 Å². The minimum absolute atomic E-state index is 0.172. The lowest BCUT2D eigenvalue weighted by molar-refractivity contribution is 0.353. The Morgan fingerprint density at radius 2 is 2.07 bits per heavy atom. The van der Waals surface area contributed by atoms with Gasteiger partial charge in [-0.05, 0) is 75.2 Å². The van der Waals surface area contributed by atoms with Crippen LogP contribution in [0.1, 0.15) is 65.7 Å². The summed E-state index contributed by atoms with van der Waals surface area (Å²) >= 11 is 0. The molecular weight excluding hydrogens is 364 g/mol. The van der Waals surface area contributed by atoms with Crippen molar-refractivity contribution < 1.29 is 0 Å². The predicted molar refractivity (Wildman–Crippen MR) is 129 cm³/mol. The van der Waals surface area contributed by atoms with Crippen molar-refractivity contribution >= 4 is 5.84 Å². The van der Waals surface area contributed by atoms with Gasteiger partial charge in [0, 0.05) is 5.92 Å². The normalized spacial score (nSPS) is 32.1. The minimum atomic E-state index is 0.172. The zero-order valence-electron chi connectivity index (χ0n) is 19.0. The maximum Gasteiger partial charge on any atom is 0.122 e. The molecule has 160 valence electrons. The second-order valence-electron chi connectivity index (χ2n) is 9.87. The van der Waals surface area contributed by atoms with Crippen molar-refractivity contribution in [3.05, 3.63) is 70.9 Å². The quantitative estimate of drug-likeness (QED) is 0.305. The highest BCUT2D eigenvalue weighted by atomic mass is 14.9. The van der Waals surface area contributed by atoms with Gasteiger partial charge in [0.05, 0.1) is 6.04 Å². The van der Waals surface area contributed by atoms with Crippen LogP contribution in [-0.4, -0.2) is 11.9 Å². The van der Waals surface area contributed by atoms with Gasteiger partial charge in [0.1, 0.15) is 5.84 Å². The van der Waals surface area contributed by atoms with Crippen LogP contribution in [0.4, 0.5) is 0 Å². The van der Waals surface area contributed by atoms with Crippen molar-refractivity contribution in [1.82, 2.24) is 0 Å². The Bertz CT molecular complexity index is 859. The first-order valence-electron chi connectivity index (χ1n) is 12.0. The van der Waals surface area contributed by atoms with E-state index in [1.54, 1.807) is 5.57 Å². The van der Waals surface area contributed by atoms with Crippen molar-refractivity contribution in [3.8, 4) is 0 Å². The van der Waals surface area contributed by atoms with Gasteiger partial charge in [-0.25, -0.2) is 0 Å². The van der Waals surface area contributed by atoms with Gasteiger partial charge in [0.2, 0.25) is 0 Å². The average molecular weight is 403 g/mol. The van der Waals surface area contributed by atoms with Crippen molar-refractivity contribution in [1.29, 1.82) is 0 Å². The van der Waals surface area contributed by atoms with E-state index in [2.05, 4.69) is 69.4 Å². The molecule has 0 heterocycles. The maximum atomic E-state index is 6.63. The summed E-state index contributed by atoms with van der Waals surface area (Å²) < 4.78 is 0. The summed E-state index contributed by atoms with van der Waals surface area (Å²) in [4.78, 5) is 5.05. The molecule has 0 amide bonds. The first-order chi connectivity index (χ1) is 14.5. The zero-order chi connectivity index (χ0) is 21.1. The molecule has 2 nitrogen and oxygen atoms in total. The van der Waals surface area contributed by atoms with Gasteiger partial charge in [0.25, 0.3) is 0 Å². The highest BCUT2D eigenvalue weighted by Crippen LogP contribution is 2.39. The van der Waals surface area contributed by atoms with Crippen LogP contribution in [0.5, 0.6) is 0 Å². The van der Waals surface area contributed by atoms with Crippen LogP contribution in [0.3, 0.4) is 0 Å². The molecule has 0 fully saturated rings. The van der Waals surface area contributed by atoms with E-state index in [1.165, 1.54) is 42.4 Å². The molecule has 0 bridgehead atoms. The molecule has 4 aliphatic rings. The molecule has 0 saturated carbocycles. The average Bonchev–Trinajstić information content (AvgIpc) is 3.30. The van der Waals surface area contributed by atoms with E-state index >= 15 is 0 Å². The predicted octanol–water partition coefficient (Wildman–Crippen LogP) is 6.84. The summed E-state index contributed by atoms with van der Waals surface area (Å²) in [5, 5.41) is 0. The number of amidine groups is 1. The van der Waals surface area contributed by atoms with Crippen molar-refractivity contribution in [2.45, 2.75) is 71.8 Å². The fourth-order valence-electron chi connectivity index (χ4n) is 5.61. The smallest absolute Gasteiger partial charge is 0.122 e. The van der Waals surface area contributed by atoms with Crippen LogP contribution < -0.4 is 5.73 Å². The largest absolute Gasteiger partial charge is 0.384 e. The van der Waals surface area contributed by atoms with Crippen molar-refractivity contribution in [3.63, 3.8) is 0 Å². The third kappa shape index (κ3) is 4.63. The summed E-state index contributed by atoms with van der Waals surface area (Å²) in [5.41, 5.74) is 12.5. The Hall–Kier alpha value is -2.09. The molecule has 30 heavy (non-hydrogen) atoms. The molecule has 4 unspecified atom stereocenters. The second-order valence-corrected chi connectivity index (χ2v) is 9.87. The SMILES string of the molecule is CC1=C(C2CC=CC(C(C)C)C2)CC(N=C(N)C2=CCCCC2C2=CC=CC2)C=C1. The van der Waals surface area contributed by atoms with Gasteiger partial charge in [-0.1, -0.05) is 79.2 Å². The van der Waals surface area contributed by atoms with E-state index in [-0.39, 0.29) is 6.04 Å². The maximum absolute atomic E-state index is 6.63. The first-order valence-corrected chi connectivity index (χ1v) is 12.0. The van der Waals surface area contributed by atoms with Crippen LogP contribution in [0, 0.1) is 23.7 Å². The van der Waals surface area contributed by atoms with Gasteiger partial charge in [-0.3, -0.25) is 4.99 Å². The molecule has 0 aromatic heterocycles. The molecule has 0 spiro atoms. The summed E-state index contributed by atoms with van der Waals surface area (Å²) in [7, 11) is 0. The summed E-state index contributed by atoms with van der Waals surface area (Å²) in [5.74, 6) is 3.29. The molecule has 0 aromatic rings. The van der Waals surface area contributed by atoms with E-state index in [1.807, 2.05) is 0 Å². The Morgan fingerprint density at radius 1 is 1.20 bits per heavy atom. The monoisotopic (exact) mass is 402 g/mol. The van der Waals surface area contributed by atoms with Crippen LogP contribution in [-0.2, 0) is 0 Å². The van der Waals surface area contributed by atoms with Gasteiger partial charge in [0.15, 0.2) is 0 Å². The molecule has 4 rings (SSSR count). The van der Waals surface area contributed by atoms with E-state index in [4.69, 9.17) is 10.7 Å². The lowest BCUT2D eigenvalue weighted by Gasteiger charge is -2.32. The summed E-state index contributed by atoms with van der Waals surface area (Å²) in [6, 6.07) is 0.172. The lowest BCUT2D eigenvalue weighted by Crippen LogP contribution is -2.27. The number of allylic oxidation sites excluding steroid dienone is 9. The molecule has 2 heteroatoms. The van der Waals surface area contributed by atoms with Gasteiger partial charge in [-0.15, -0.1) is 0 Å². The third-order valence-corrected chi connectivity index (χ3v) is 7.50. The van der Waals surface area contributed by atoms with E-state index < -0.39 is 0 Å². The molecule has 4 atom stereocenters. The first kappa shape index (κ1) is 21.2. The van der Waals surface area contributed by atoms with Crippen LogP contribution in [0.15, 0.2) is 75.9 Å². The number of hydrogen-bond acceptors (Lipinski definition) is 1. The highest BCUT2D eigenvalue weighted by molar-refractivity contribution is 5.98. The lowest BCUT2D eigenvalue weighted by atomic mass is 9.74. The zero-order valence-corrected chi connectivity index (χ0v) is 19.0. The van der Waals surface area contributed by atoms with Crippen LogP contribution in [0.2, 0.25) is 0 Å². The molecule has 2 N–H and O–H groups in total. The van der Waals surface area contributed by atoms with Crippen molar-refractivity contribution in [2.75, 3.05) is 0 Å². The standard InChI is InChI=1S/C28H38N2/c1-19(2)22-11-8-12-23(17-22)27-18-24(16-15-20(27)3)30-28(29)26-14-7-6-13-25(26)21-9-4-5-10-21/h4-5,8-9,11,14-16,19,22-25H,6-7,10,12-13,17-18H2,1-3H3,(H2,29,30). The number of aliphatic imine (C=N–C) groups is 1. The Labute approximate surface area is 183 Å². The molecule has 0 radical (unpaired) electrons. The second kappa shape index (κ2) is 9.37. The third-order valence-electron chi connectivity index (χ3n) is 7.50. The van der Waals surface area contributed by atoms with E-state index in [9.17, 15) is 0 Å². The van der Waals surface area contributed by atoms with Crippen molar-refractivity contribution in [2.24, 2.45) is 34.4 Å². The molecule has 0 aromatic carbocycles. The number of hydrogen-bond donors (Lipinski definition) is 1. The Balaban J connectivity index is 1.49. The summed E-state index contributed by atoms with van der Waals surface area (Å²) in [6.07, 6.45) is 26.6. The number of nitrogens with zero attached hydrogens (tertiary/aromatic N) is 1. The fourth-order valence-corrected chi connectivity index (χ4v) is 5.61. The Kier molecular flexibility index (Phi) is 6.61. The highest BCUT2D eigenvalue weighted by Gasteiger charge is 2.28. The molecule has 0 aliphatic heterocycles. The van der Waals surface area contributed by atoms with Crippen LogP contribution in [0.25, 0.3) is 0 Å². The number of nitrogens with two attached hydrogens (primary N) is 1. The summed E-state index contributed by atoms with van der Waals surface area (Å²) in [6.45, 7) is 6.96. The van der Waals surface area contributed by atoms with E-state index in [0.29, 0.717) is 23.7 Å². The van der Waals surface area contributed by atoms with Gasteiger partial charge < -0.3 is 5.73 Å². The molecule has 0 saturated heterocycles. The van der Waals surface area contributed by atoms with E-state index in [0.717, 1.165) is 25.1 Å². The molecular formula is C28H38N2. The number of rotatable bonds is 5. The molecule has 4 aliphatic carbocycles. The van der Waals surface area contributed by atoms with Gasteiger partial charge in [-0.2, -0.15) is 0 Å².